The van der Waals surface area contributed by atoms with Crippen LogP contribution in [0.25, 0.3) is 11.4 Å². The first kappa shape index (κ1) is 14.9. The predicted molar refractivity (Wildman–Crippen MR) is 86.4 cm³/mol. The van der Waals surface area contributed by atoms with Crippen LogP contribution in [0.5, 0.6) is 0 Å². The molecular formula is C17H18N4O3. The number of aromatic nitrogens is 2. The number of nitrogens with zero attached hydrogens (tertiary/aromatic N) is 2. The zero-order valence-electron chi connectivity index (χ0n) is 13.0. The fourth-order valence-corrected chi connectivity index (χ4v) is 3.78. The summed E-state index contributed by atoms with van der Waals surface area (Å²) in [7, 11) is 0. The van der Waals surface area contributed by atoms with E-state index >= 15 is 0 Å². The first-order valence-electron chi connectivity index (χ1n) is 7.93. The van der Waals surface area contributed by atoms with Crippen LogP contribution in [0.4, 0.5) is 0 Å². The van der Waals surface area contributed by atoms with Crippen molar-refractivity contribution in [3.8, 4) is 11.4 Å². The molecule has 7 heteroatoms. The Labute approximate surface area is 138 Å². The first-order valence-corrected chi connectivity index (χ1v) is 7.93. The molecule has 4 rings (SSSR count). The van der Waals surface area contributed by atoms with Crippen LogP contribution >= 0.6 is 0 Å². The maximum absolute atomic E-state index is 12.8. The molecular weight excluding hydrogens is 308 g/mol. The number of carboxylic acid groups (broad SMARTS) is 1. The minimum Gasteiger partial charge on any atom is -0.481 e. The van der Waals surface area contributed by atoms with Gasteiger partial charge in [-0.2, -0.15) is 0 Å². The number of carbonyl (C=O) groups is 2. The molecule has 0 unspecified atom stereocenters. The van der Waals surface area contributed by atoms with Gasteiger partial charge in [0.05, 0.1) is 0 Å². The summed E-state index contributed by atoms with van der Waals surface area (Å²) in [6.45, 7) is 1.79. The average molecular weight is 326 g/mol. The van der Waals surface area contributed by atoms with E-state index in [1.54, 1.807) is 29.4 Å². The maximum atomic E-state index is 12.8. The number of hydrogen-bond acceptors (Lipinski definition) is 4. The lowest BCUT2D eigenvalue weighted by atomic mass is 9.81. The molecule has 2 aromatic rings. The number of nitrogens with one attached hydrogen (secondary N) is 2. The Morgan fingerprint density at radius 2 is 2.25 bits per heavy atom. The topological polar surface area (TPSA) is 98.3 Å². The number of rotatable bonds is 3. The van der Waals surface area contributed by atoms with E-state index in [0.717, 1.165) is 5.56 Å². The highest BCUT2D eigenvalue weighted by Gasteiger charge is 2.56. The lowest BCUT2D eigenvalue weighted by molar-refractivity contribution is -0.148. The number of carboxylic acids is 1. The molecule has 2 fully saturated rings. The molecule has 24 heavy (non-hydrogen) atoms. The van der Waals surface area contributed by atoms with Crippen molar-refractivity contribution in [2.45, 2.75) is 0 Å². The van der Waals surface area contributed by atoms with Gasteiger partial charge < -0.3 is 20.3 Å². The standard InChI is InChI=1S/C17H18N4O3/c22-15(12-3-1-2-11(6-12)14-19-4-5-20-14)21-8-13-7-18-9-17(13,10-21)16(23)24/h1-6,13,18H,7-10H2,(H,19,20)(H,23,24)/t13-,17-/m0/s1. The molecule has 0 bridgehead atoms. The number of likely N-dealkylation sites (tertiary alicyclic amines) is 1. The predicted octanol–water partition coefficient (Wildman–Crippen LogP) is 0.823. The summed E-state index contributed by atoms with van der Waals surface area (Å²) in [5, 5.41) is 12.8. The third-order valence-electron chi connectivity index (χ3n) is 5.12. The van der Waals surface area contributed by atoms with Crippen LogP contribution in [0.1, 0.15) is 10.4 Å². The van der Waals surface area contributed by atoms with E-state index in [2.05, 4.69) is 15.3 Å². The van der Waals surface area contributed by atoms with Crippen LogP contribution in [0.3, 0.4) is 0 Å². The van der Waals surface area contributed by atoms with E-state index in [1.807, 2.05) is 12.1 Å². The zero-order valence-corrected chi connectivity index (χ0v) is 13.0. The highest BCUT2D eigenvalue weighted by Crippen LogP contribution is 2.39. The summed E-state index contributed by atoms with van der Waals surface area (Å²) in [4.78, 5) is 33.5. The Morgan fingerprint density at radius 1 is 1.38 bits per heavy atom. The van der Waals surface area contributed by atoms with Gasteiger partial charge in [0.25, 0.3) is 5.91 Å². The van der Waals surface area contributed by atoms with Gasteiger partial charge in [0.15, 0.2) is 0 Å². The van der Waals surface area contributed by atoms with Gasteiger partial charge in [-0.3, -0.25) is 9.59 Å². The largest absolute Gasteiger partial charge is 0.481 e. The molecule has 2 saturated heterocycles. The molecule has 1 aromatic carbocycles. The van der Waals surface area contributed by atoms with Crippen LogP contribution in [-0.4, -0.2) is 58.0 Å². The van der Waals surface area contributed by atoms with Crippen molar-refractivity contribution in [1.82, 2.24) is 20.2 Å². The fourth-order valence-electron chi connectivity index (χ4n) is 3.78. The summed E-state index contributed by atoms with van der Waals surface area (Å²) >= 11 is 0. The highest BCUT2D eigenvalue weighted by atomic mass is 16.4. The number of aliphatic carboxylic acids is 1. The second-order valence-electron chi connectivity index (χ2n) is 6.49. The van der Waals surface area contributed by atoms with E-state index in [9.17, 15) is 14.7 Å². The molecule has 7 nitrogen and oxygen atoms in total. The summed E-state index contributed by atoms with van der Waals surface area (Å²) in [5.41, 5.74) is 0.533. The molecule has 3 N–H and O–H groups in total. The molecule has 2 aliphatic heterocycles. The third kappa shape index (κ3) is 2.20. The van der Waals surface area contributed by atoms with Crippen LogP contribution in [0, 0.1) is 11.3 Å². The summed E-state index contributed by atoms with van der Waals surface area (Å²) in [6.07, 6.45) is 3.39. The van der Waals surface area contributed by atoms with Gasteiger partial charge in [-0.05, 0) is 12.1 Å². The van der Waals surface area contributed by atoms with Gasteiger partial charge in [0.1, 0.15) is 11.2 Å². The quantitative estimate of drug-likeness (QED) is 0.776. The fraction of sp³-hybridized carbons (Fsp3) is 0.353. The van der Waals surface area contributed by atoms with Crippen molar-refractivity contribution < 1.29 is 14.7 Å². The number of H-pyrrole nitrogens is 1. The molecule has 1 aromatic heterocycles. The van der Waals surface area contributed by atoms with Gasteiger partial charge >= 0.3 is 5.97 Å². The second-order valence-corrected chi connectivity index (χ2v) is 6.49. The molecule has 0 spiro atoms. The normalized spacial score (nSPS) is 25.7. The smallest absolute Gasteiger partial charge is 0.313 e. The van der Waals surface area contributed by atoms with Gasteiger partial charge in [-0.1, -0.05) is 12.1 Å². The minimum absolute atomic E-state index is 0.0350. The minimum atomic E-state index is -0.853. The monoisotopic (exact) mass is 326 g/mol. The Morgan fingerprint density at radius 3 is 2.96 bits per heavy atom. The molecule has 124 valence electrons. The van der Waals surface area contributed by atoms with Crippen molar-refractivity contribution in [2.24, 2.45) is 11.3 Å². The lowest BCUT2D eigenvalue weighted by Gasteiger charge is -2.22. The third-order valence-corrected chi connectivity index (χ3v) is 5.12. The second kappa shape index (κ2) is 5.45. The Kier molecular flexibility index (Phi) is 3.38. The number of amides is 1. The molecule has 1 amide bonds. The number of hydrogen-bond donors (Lipinski definition) is 3. The Balaban J connectivity index is 1.59. The van der Waals surface area contributed by atoms with Gasteiger partial charge in [-0.25, -0.2) is 4.98 Å². The number of benzene rings is 1. The number of aromatic amines is 1. The zero-order chi connectivity index (χ0) is 16.7. The molecule has 2 aliphatic rings. The lowest BCUT2D eigenvalue weighted by Crippen LogP contribution is -2.41. The van der Waals surface area contributed by atoms with Gasteiger partial charge in [0.2, 0.25) is 0 Å². The van der Waals surface area contributed by atoms with E-state index in [-0.39, 0.29) is 18.4 Å². The first-order chi connectivity index (χ1) is 11.6. The summed E-state index contributed by atoms with van der Waals surface area (Å²) < 4.78 is 0. The van der Waals surface area contributed by atoms with E-state index < -0.39 is 11.4 Å². The summed E-state index contributed by atoms with van der Waals surface area (Å²) in [5.74, 6) is -0.281. The van der Waals surface area contributed by atoms with Crippen molar-refractivity contribution in [1.29, 1.82) is 0 Å². The number of carbonyl (C=O) groups excluding carboxylic acids is 1. The van der Waals surface area contributed by atoms with Crippen LogP contribution in [0.2, 0.25) is 0 Å². The Hall–Kier alpha value is -2.67. The number of fused-ring (bicyclic) bond motifs is 1. The van der Waals surface area contributed by atoms with Crippen LogP contribution < -0.4 is 5.32 Å². The van der Waals surface area contributed by atoms with Crippen molar-refractivity contribution in [3.63, 3.8) is 0 Å². The van der Waals surface area contributed by atoms with Crippen LogP contribution in [-0.2, 0) is 4.79 Å². The van der Waals surface area contributed by atoms with E-state index in [1.165, 1.54) is 0 Å². The summed E-state index contributed by atoms with van der Waals surface area (Å²) in [6, 6.07) is 7.25. The van der Waals surface area contributed by atoms with E-state index in [4.69, 9.17) is 0 Å². The van der Waals surface area contributed by atoms with Gasteiger partial charge in [0, 0.05) is 55.6 Å². The van der Waals surface area contributed by atoms with Crippen molar-refractivity contribution >= 4 is 11.9 Å². The highest BCUT2D eigenvalue weighted by molar-refractivity contribution is 5.96. The SMILES string of the molecule is O=C(c1cccc(-c2ncc[nH]2)c1)N1C[C@@H]2CNC[C@]2(C(=O)O)C1. The molecule has 0 saturated carbocycles. The van der Waals surface area contributed by atoms with E-state index in [0.29, 0.717) is 31.0 Å². The average Bonchev–Trinajstić information content (AvgIpc) is 3.29. The number of imidazole rings is 1. The van der Waals surface area contributed by atoms with Crippen molar-refractivity contribution in [3.05, 3.63) is 42.2 Å². The van der Waals surface area contributed by atoms with Crippen molar-refractivity contribution in [2.75, 3.05) is 26.2 Å². The maximum Gasteiger partial charge on any atom is 0.313 e. The molecule has 3 heterocycles. The van der Waals surface area contributed by atoms with Gasteiger partial charge in [-0.15, -0.1) is 0 Å². The molecule has 0 radical (unpaired) electrons. The Bertz CT molecular complexity index is 789. The molecule has 0 aliphatic carbocycles. The molecule has 2 atom stereocenters. The van der Waals surface area contributed by atoms with Crippen LogP contribution in [0.15, 0.2) is 36.7 Å².